The van der Waals surface area contributed by atoms with Crippen molar-refractivity contribution in [3.05, 3.63) is 65.2 Å². The molecule has 0 aliphatic carbocycles. The maximum Gasteiger partial charge on any atom is 0.0674 e. The molecule has 0 saturated carbocycles. The monoisotopic (exact) mass is 332 g/mol. The quantitative estimate of drug-likeness (QED) is 0.663. The van der Waals surface area contributed by atoms with Gasteiger partial charge in [0, 0.05) is 24.2 Å². The first-order valence-electron chi connectivity index (χ1n) is 9.19. The van der Waals surface area contributed by atoms with Crippen molar-refractivity contribution in [3.8, 4) is 0 Å². The van der Waals surface area contributed by atoms with E-state index in [1.54, 1.807) is 0 Å². The van der Waals surface area contributed by atoms with Gasteiger partial charge >= 0.3 is 0 Å². The highest BCUT2D eigenvalue weighted by atomic mass is 15.1. The summed E-state index contributed by atoms with van der Waals surface area (Å²) < 4.78 is 0. The lowest BCUT2D eigenvalue weighted by Gasteiger charge is -2.22. The van der Waals surface area contributed by atoms with Crippen LogP contribution in [0.4, 0.5) is 11.4 Å². The van der Waals surface area contributed by atoms with Gasteiger partial charge in [-0.2, -0.15) is 0 Å². The average Bonchev–Trinajstić information content (AvgIpc) is 2.86. The van der Waals surface area contributed by atoms with Crippen molar-refractivity contribution in [2.75, 3.05) is 18.0 Å². The molecule has 1 aliphatic heterocycles. The van der Waals surface area contributed by atoms with Gasteiger partial charge in [-0.05, 0) is 61.7 Å². The molecule has 2 heteroatoms. The van der Waals surface area contributed by atoms with E-state index < -0.39 is 0 Å². The average molecular weight is 332 g/mol. The smallest absolute Gasteiger partial charge is 0.0674 e. The van der Waals surface area contributed by atoms with Crippen LogP contribution >= 0.6 is 0 Å². The van der Waals surface area contributed by atoms with Crippen LogP contribution in [0.25, 0.3) is 6.08 Å². The molecule has 3 rings (SSSR count). The van der Waals surface area contributed by atoms with Crippen LogP contribution in [0.1, 0.15) is 44.4 Å². The van der Waals surface area contributed by atoms with Gasteiger partial charge in [-0.1, -0.05) is 44.2 Å². The van der Waals surface area contributed by atoms with Crippen LogP contribution < -0.4 is 4.90 Å². The van der Waals surface area contributed by atoms with Crippen LogP contribution in [0.15, 0.2) is 53.5 Å². The van der Waals surface area contributed by atoms with Crippen molar-refractivity contribution in [1.82, 2.24) is 0 Å². The summed E-state index contributed by atoms with van der Waals surface area (Å²) in [6.07, 6.45) is 4.38. The van der Waals surface area contributed by atoms with Crippen LogP contribution in [0.5, 0.6) is 0 Å². The van der Waals surface area contributed by atoms with Crippen molar-refractivity contribution in [2.45, 2.75) is 40.0 Å². The lowest BCUT2D eigenvalue weighted by molar-refractivity contribution is 0.740. The molecule has 0 bridgehead atoms. The van der Waals surface area contributed by atoms with Gasteiger partial charge in [0.25, 0.3) is 0 Å². The molecule has 1 heterocycles. The van der Waals surface area contributed by atoms with Crippen molar-refractivity contribution in [1.29, 1.82) is 0 Å². The Morgan fingerprint density at radius 2 is 1.72 bits per heavy atom. The SMILES string of the molecule is CCN(CC)c1ccc(C=CC2=Nc3ccccc3C2(C)C)c(C)c1. The summed E-state index contributed by atoms with van der Waals surface area (Å²) in [6, 6.07) is 15.2. The number of nitrogens with zero attached hydrogens (tertiary/aromatic N) is 2. The lowest BCUT2D eigenvalue weighted by atomic mass is 9.81. The highest BCUT2D eigenvalue weighted by molar-refractivity contribution is 6.10. The Labute approximate surface area is 151 Å². The summed E-state index contributed by atoms with van der Waals surface area (Å²) in [6.45, 7) is 13.2. The molecule has 0 spiro atoms. The highest BCUT2D eigenvalue weighted by Gasteiger charge is 2.32. The van der Waals surface area contributed by atoms with Crippen molar-refractivity contribution < 1.29 is 0 Å². The molecule has 2 nitrogen and oxygen atoms in total. The fourth-order valence-corrected chi connectivity index (χ4v) is 3.55. The third-order valence-electron chi connectivity index (χ3n) is 5.26. The van der Waals surface area contributed by atoms with Crippen molar-refractivity contribution in [2.24, 2.45) is 4.99 Å². The van der Waals surface area contributed by atoms with E-state index in [9.17, 15) is 0 Å². The number of rotatable bonds is 5. The van der Waals surface area contributed by atoms with E-state index in [0.717, 1.165) is 24.5 Å². The molecule has 0 amide bonds. The predicted molar refractivity (Wildman–Crippen MR) is 110 cm³/mol. The van der Waals surface area contributed by atoms with Gasteiger partial charge in [0.1, 0.15) is 0 Å². The maximum atomic E-state index is 4.84. The van der Waals surface area contributed by atoms with E-state index in [-0.39, 0.29) is 5.41 Å². The van der Waals surface area contributed by atoms with E-state index in [1.807, 2.05) is 0 Å². The van der Waals surface area contributed by atoms with Crippen LogP contribution in [-0.2, 0) is 5.41 Å². The van der Waals surface area contributed by atoms with Gasteiger partial charge in [-0.25, -0.2) is 0 Å². The molecule has 2 aromatic carbocycles. The van der Waals surface area contributed by atoms with E-state index >= 15 is 0 Å². The number of anilines is 1. The summed E-state index contributed by atoms with van der Waals surface area (Å²) in [5.74, 6) is 0. The van der Waals surface area contributed by atoms with Gasteiger partial charge in [-0.15, -0.1) is 0 Å². The normalized spacial score (nSPS) is 15.3. The van der Waals surface area contributed by atoms with E-state index in [0.29, 0.717) is 0 Å². The molecule has 0 atom stereocenters. The molecule has 0 N–H and O–H groups in total. The number of fused-ring (bicyclic) bond motifs is 1. The summed E-state index contributed by atoms with van der Waals surface area (Å²) in [7, 11) is 0. The number of hydrogen-bond donors (Lipinski definition) is 0. The topological polar surface area (TPSA) is 15.6 Å². The zero-order chi connectivity index (χ0) is 18.0. The van der Waals surface area contributed by atoms with Gasteiger partial charge in [0.2, 0.25) is 0 Å². The minimum Gasteiger partial charge on any atom is -0.372 e. The Kier molecular flexibility index (Phi) is 4.80. The molecule has 0 unspecified atom stereocenters. The number of aliphatic imine (C=N–C) groups is 1. The van der Waals surface area contributed by atoms with E-state index in [2.05, 4.69) is 94.1 Å². The van der Waals surface area contributed by atoms with Crippen molar-refractivity contribution in [3.63, 3.8) is 0 Å². The Morgan fingerprint density at radius 3 is 2.36 bits per heavy atom. The van der Waals surface area contributed by atoms with Crippen LogP contribution in [-0.4, -0.2) is 18.8 Å². The fraction of sp³-hybridized carbons (Fsp3) is 0.348. The minimum atomic E-state index is -0.0395. The molecular formula is C23H28N2. The molecule has 0 aromatic heterocycles. The summed E-state index contributed by atoms with van der Waals surface area (Å²) >= 11 is 0. The van der Waals surface area contributed by atoms with Gasteiger partial charge < -0.3 is 4.90 Å². The Hall–Kier alpha value is -2.35. The molecule has 0 radical (unpaired) electrons. The van der Waals surface area contributed by atoms with Crippen molar-refractivity contribution >= 4 is 23.2 Å². The predicted octanol–water partition coefficient (Wildman–Crippen LogP) is 5.92. The Morgan fingerprint density at radius 1 is 1.00 bits per heavy atom. The second-order valence-electron chi connectivity index (χ2n) is 7.19. The summed E-state index contributed by atoms with van der Waals surface area (Å²) in [5.41, 5.74) is 7.35. The number of benzene rings is 2. The van der Waals surface area contributed by atoms with Crippen LogP contribution in [0.3, 0.4) is 0 Å². The standard InChI is InChI=1S/C23H28N2/c1-6-25(7-2)19-14-12-18(17(3)16-19)13-15-22-23(4,5)20-10-8-9-11-21(20)24-22/h8-16H,6-7H2,1-5H3. The van der Waals surface area contributed by atoms with E-state index in [4.69, 9.17) is 4.99 Å². The van der Waals surface area contributed by atoms with Gasteiger partial charge in [0.15, 0.2) is 0 Å². The minimum absolute atomic E-state index is 0.0395. The maximum absolute atomic E-state index is 4.84. The third-order valence-corrected chi connectivity index (χ3v) is 5.26. The molecule has 2 aromatic rings. The fourth-order valence-electron chi connectivity index (χ4n) is 3.55. The number of hydrogen-bond acceptors (Lipinski definition) is 2. The molecule has 1 aliphatic rings. The van der Waals surface area contributed by atoms with Crippen LogP contribution in [0.2, 0.25) is 0 Å². The molecule has 25 heavy (non-hydrogen) atoms. The zero-order valence-corrected chi connectivity index (χ0v) is 16.0. The number of para-hydroxylation sites is 1. The Bertz CT molecular complexity index is 824. The number of aryl methyl sites for hydroxylation is 1. The highest BCUT2D eigenvalue weighted by Crippen LogP contribution is 2.40. The first kappa shape index (κ1) is 17.5. The third kappa shape index (κ3) is 3.26. The second kappa shape index (κ2) is 6.87. The lowest BCUT2D eigenvalue weighted by Crippen LogP contribution is -2.23. The summed E-state index contributed by atoms with van der Waals surface area (Å²) in [4.78, 5) is 7.22. The molecule has 0 fully saturated rings. The molecule has 0 saturated heterocycles. The van der Waals surface area contributed by atoms with Crippen LogP contribution in [0, 0.1) is 6.92 Å². The second-order valence-corrected chi connectivity index (χ2v) is 7.19. The molecule has 130 valence electrons. The summed E-state index contributed by atoms with van der Waals surface area (Å²) in [5, 5.41) is 0. The van der Waals surface area contributed by atoms with Gasteiger partial charge in [0.05, 0.1) is 11.4 Å². The molecular weight excluding hydrogens is 304 g/mol. The van der Waals surface area contributed by atoms with Gasteiger partial charge in [-0.3, -0.25) is 4.99 Å². The number of allylic oxidation sites excluding steroid dienone is 1. The van der Waals surface area contributed by atoms with E-state index in [1.165, 1.54) is 22.4 Å². The Balaban J connectivity index is 1.86. The zero-order valence-electron chi connectivity index (χ0n) is 16.0. The largest absolute Gasteiger partial charge is 0.372 e. The first-order valence-corrected chi connectivity index (χ1v) is 9.19. The first-order chi connectivity index (χ1) is 12.0.